The Kier molecular flexibility index (Phi) is 6.52. The summed E-state index contributed by atoms with van der Waals surface area (Å²) in [6.07, 6.45) is 2.13. The summed E-state index contributed by atoms with van der Waals surface area (Å²) in [5.74, 6) is -2.56. The Bertz CT molecular complexity index is 998. The number of carboxylic acid groups (broad SMARTS) is 1. The van der Waals surface area contributed by atoms with Crippen LogP contribution >= 0.6 is 0 Å². The molecular weight excluding hydrogens is 415 g/mol. The number of pyridine rings is 1. The van der Waals surface area contributed by atoms with E-state index in [4.69, 9.17) is 10.1 Å². The Morgan fingerprint density at radius 1 is 1.45 bits per heavy atom. The molecule has 0 radical (unpaired) electrons. The normalized spacial score (nSPS) is 28.0. The van der Waals surface area contributed by atoms with Crippen molar-refractivity contribution in [2.75, 3.05) is 6.61 Å². The van der Waals surface area contributed by atoms with Crippen molar-refractivity contribution in [2.45, 2.75) is 23.1 Å². The quantitative estimate of drug-likeness (QED) is 0.154. The fraction of sp³-hybridized carbons (Fsp3) is 0.312. The van der Waals surface area contributed by atoms with Crippen molar-refractivity contribution in [1.82, 2.24) is 15.2 Å². The number of β-lactam (4-membered cyclic amide) rings is 1. The molecule has 11 nitrogen and oxygen atoms in total. The van der Waals surface area contributed by atoms with Crippen molar-refractivity contribution in [1.29, 1.82) is 5.41 Å². The third-order valence-electron chi connectivity index (χ3n) is 4.69. The molecule has 3 heterocycles. The summed E-state index contributed by atoms with van der Waals surface area (Å²) in [6.45, 7) is 0.231. The monoisotopic (exact) mass is 430 g/mol. The van der Waals surface area contributed by atoms with Gasteiger partial charge in [-0.05, 0) is 25.1 Å². The number of aliphatic carboxylic acids is 1. The van der Waals surface area contributed by atoms with Crippen LogP contribution in [0.4, 0.5) is 4.79 Å². The second-order valence-corrected chi connectivity index (χ2v) is 8.83. The van der Waals surface area contributed by atoms with Crippen LogP contribution in [-0.4, -0.2) is 65.4 Å². The molecule has 29 heavy (non-hydrogen) atoms. The van der Waals surface area contributed by atoms with E-state index in [2.05, 4.69) is 4.98 Å². The molecule has 1 aromatic rings. The fourth-order valence-corrected chi connectivity index (χ4v) is 5.58. The van der Waals surface area contributed by atoms with Gasteiger partial charge in [-0.3, -0.25) is 20.5 Å². The molecule has 2 aliphatic heterocycles. The summed E-state index contributed by atoms with van der Waals surface area (Å²) in [4.78, 5) is 40.3. The molecule has 2 aliphatic rings. The third kappa shape index (κ3) is 3.56. The van der Waals surface area contributed by atoms with Gasteiger partial charge in [0.25, 0.3) is 5.91 Å². The SMILES string of the molecule is C[C@]1(COC(=O)NC=N)[C@H](C(=O)[O-])N2C(=O)/C(=C/c3ccccn3)[C@H]2S1(=O)=O.[Na+]. The number of hydrogen-bond donors (Lipinski definition) is 2. The third-order valence-corrected chi connectivity index (χ3v) is 7.40. The molecule has 2 amide bonds. The van der Waals surface area contributed by atoms with E-state index in [-0.39, 0.29) is 35.1 Å². The van der Waals surface area contributed by atoms with E-state index in [0.29, 0.717) is 16.9 Å². The number of aromatic nitrogens is 1. The number of carbonyl (C=O) groups excluding carboxylic acids is 3. The first-order valence-corrected chi connectivity index (χ1v) is 9.51. The van der Waals surface area contributed by atoms with Crippen molar-refractivity contribution >= 4 is 40.2 Å². The average Bonchev–Trinajstić information content (AvgIpc) is 2.81. The molecule has 0 aliphatic carbocycles. The van der Waals surface area contributed by atoms with E-state index in [1.54, 1.807) is 18.2 Å². The smallest absolute Gasteiger partial charge is 0.548 e. The fourth-order valence-electron chi connectivity index (χ4n) is 3.31. The van der Waals surface area contributed by atoms with Crippen LogP contribution < -0.4 is 40.0 Å². The Hall–Kier alpha value is -2.28. The van der Waals surface area contributed by atoms with Gasteiger partial charge in [-0.25, -0.2) is 13.2 Å². The van der Waals surface area contributed by atoms with Gasteiger partial charge in [0, 0.05) is 6.20 Å². The molecule has 0 bridgehead atoms. The van der Waals surface area contributed by atoms with Crippen molar-refractivity contribution in [3.8, 4) is 0 Å². The number of amides is 2. The van der Waals surface area contributed by atoms with E-state index >= 15 is 0 Å². The minimum atomic E-state index is -4.31. The molecule has 3 rings (SSSR count). The summed E-state index contributed by atoms with van der Waals surface area (Å²) in [6, 6.07) is 3.00. The molecule has 2 saturated heterocycles. The zero-order valence-corrected chi connectivity index (χ0v) is 18.3. The molecule has 0 aromatic carbocycles. The number of nitrogens with zero attached hydrogens (tertiary/aromatic N) is 2. The first-order valence-electron chi connectivity index (χ1n) is 7.97. The minimum absolute atomic E-state index is 0. The summed E-state index contributed by atoms with van der Waals surface area (Å²) in [5.41, 5.74) is 0.207. The molecule has 0 spiro atoms. The van der Waals surface area contributed by atoms with Crippen molar-refractivity contribution in [3.63, 3.8) is 0 Å². The van der Waals surface area contributed by atoms with E-state index in [1.165, 1.54) is 12.3 Å². The number of alkyl carbamates (subject to hydrolysis) is 1. The van der Waals surface area contributed by atoms with Crippen LogP contribution in [0.25, 0.3) is 6.08 Å². The number of sulfone groups is 1. The number of carboxylic acids is 1. The Morgan fingerprint density at radius 2 is 2.14 bits per heavy atom. The predicted octanol–water partition coefficient (Wildman–Crippen LogP) is -4.72. The molecule has 148 valence electrons. The molecule has 0 unspecified atom stereocenters. The maximum atomic E-state index is 13.1. The summed E-state index contributed by atoms with van der Waals surface area (Å²) in [7, 11) is -4.31. The zero-order chi connectivity index (χ0) is 20.7. The maximum absolute atomic E-state index is 13.1. The van der Waals surface area contributed by atoms with Gasteiger partial charge in [-0.2, -0.15) is 0 Å². The first-order chi connectivity index (χ1) is 13.1. The maximum Gasteiger partial charge on any atom is 1.00 e. The molecule has 2 N–H and O–H groups in total. The van der Waals surface area contributed by atoms with E-state index in [0.717, 1.165) is 6.92 Å². The van der Waals surface area contributed by atoms with Crippen LogP contribution in [0.2, 0.25) is 0 Å². The van der Waals surface area contributed by atoms with Gasteiger partial charge >= 0.3 is 35.7 Å². The molecule has 0 saturated carbocycles. The van der Waals surface area contributed by atoms with Gasteiger partial charge in [0.05, 0.1) is 29.6 Å². The number of ether oxygens (including phenoxy) is 1. The Morgan fingerprint density at radius 3 is 2.69 bits per heavy atom. The van der Waals surface area contributed by atoms with Crippen LogP contribution in [0, 0.1) is 5.41 Å². The molecule has 1 aromatic heterocycles. The van der Waals surface area contributed by atoms with Crippen LogP contribution in [0.5, 0.6) is 0 Å². The molecule has 13 heteroatoms. The van der Waals surface area contributed by atoms with Crippen molar-refractivity contribution < 1.29 is 62.2 Å². The van der Waals surface area contributed by atoms with E-state index in [1.807, 2.05) is 5.32 Å². The van der Waals surface area contributed by atoms with Crippen molar-refractivity contribution in [2.24, 2.45) is 0 Å². The molecule has 2 fully saturated rings. The number of fused-ring (bicyclic) bond motifs is 1. The van der Waals surface area contributed by atoms with Gasteiger partial charge in [0.15, 0.2) is 15.2 Å². The first kappa shape index (κ1) is 23.0. The summed E-state index contributed by atoms with van der Waals surface area (Å²) >= 11 is 0. The zero-order valence-electron chi connectivity index (χ0n) is 15.5. The number of carbonyl (C=O) groups is 3. The second kappa shape index (κ2) is 8.22. The van der Waals surface area contributed by atoms with Crippen molar-refractivity contribution in [3.05, 3.63) is 35.7 Å². The minimum Gasteiger partial charge on any atom is -0.548 e. The second-order valence-electron chi connectivity index (χ2n) is 6.36. The standard InChI is InChI=1S/C16H16N4O7S.Na/c1-16(7-27-15(24)19-8-17)11(14(22)23)20-12(21)10(13(20)28(16,25)26)6-9-4-2-3-5-18-9;/h2-6,8,11,13H,7H2,1H3,(H,22,23)(H2,17,19,24);/q;+1/p-1/b10-6-;/t11-,13+,16-;/m0./s1. The summed E-state index contributed by atoms with van der Waals surface area (Å²) < 4.78 is 28.8. The van der Waals surface area contributed by atoms with E-state index < -0.39 is 50.6 Å². The predicted molar refractivity (Wildman–Crippen MR) is 92.2 cm³/mol. The topological polar surface area (TPSA) is 170 Å². The average molecular weight is 430 g/mol. The number of nitrogens with one attached hydrogen (secondary N) is 2. The largest absolute Gasteiger partial charge is 1.00 e. The van der Waals surface area contributed by atoms with Gasteiger partial charge in [0.1, 0.15) is 11.4 Å². The van der Waals surface area contributed by atoms with Gasteiger partial charge in [-0.1, -0.05) is 6.07 Å². The van der Waals surface area contributed by atoms with E-state index in [9.17, 15) is 27.9 Å². The van der Waals surface area contributed by atoms with Gasteiger partial charge in [-0.15, -0.1) is 0 Å². The van der Waals surface area contributed by atoms with Crippen LogP contribution in [0.1, 0.15) is 12.6 Å². The Balaban J connectivity index is 0.00000300. The van der Waals surface area contributed by atoms with Gasteiger partial charge < -0.3 is 19.5 Å². The number of hydrogen-bond acceptors (Lipinski definition) is 9. The molecule has 3 atom stereocenters. The van der Waals surface area contributed by atoms with Gasteiger partial charge in [0.2, 0.25) is 0 Å². The number of rotatable bonds is 5. The molecular formula is C16H15N4NaO7S. The summed E-state index contributed by atoms with van der Waals surface area (Å²) in [5, 5.41) is 18.8. The van der Waals surface area contributed by atoms with Crippen LogP contribution in [-0.2, 0) is 24.2 Å². The van der Waals surface area contributed by atoms with Crippen LogP contribution in [0.3, 0.4) is 0 Å². The Labute approximate surface area is 187 Å². The van der Waals surface area contributed by atoms with Crippen LogP contribution in [0.15, 0.2) is 30.0 Å².